The van der Waals surface area contributed by atoms with Crippen LogP contribution in [0.4, 0.5) is 0 Å². The molecule has 0 aromatic heterocycles. The van der Waals surface area contributed by atoms with Crippen LogP contribution in [0.15, 0.2) is 0 Å². The summed E-state index contributed by atoms with van der Waals surface area (Å²) in [6, 6.07) is 0. The van der Waals surface area contributed by atoms with Gasteiger partial charge in [0.1, 0.15) is 0 Å². The van der Waals surface area contributed by atoms with Crippen LogP contribution in [0.1, 0.15) is 91.4 Å². The van der Waals surface area contributed by atoms with Crippen LogP contribution in [0.5, 0.6) is 0 Å². The van der Waals surface area contributed by atoms with Gasteiger partial charge in [-0.2, -0.15) is 0 Å². The Bertz CT molecular complexity index is 219. The number of rotatable bonds is 14. The van der Waals surface area contributed by atoms with Crippen molar-refractivity contribution in [1.29, 1.82) is 0 Å². The number of ether oxygens (including phenoxy) is 1. The maximum absolute atomic E-state index is 10.9. The summed E-state index contributed by atoms with van der Waals surface area (Å²) in [4.78, 5) is 10.9. The van der Waals surface area contributed by atoms with E-state index in [9.17, 15) is 4.79 Å². The average molecular weight is 285 g/mol. The van der Waals surface area contributed by atoms with E-state index in [1.54, 1.807) is 0 Å². The van der Waals surface area contributed by atoms with Crippen molar-refractivity contribution in [2.75, 3.05) is 6.54 Å². The maximum atomic E-state index is 10.9. The van der Waals surface area contributed by atoms with Crippen LogP contribution in [-0.4, -0.2) is 18.7 Å². The van der Waals surface area contributed by atoms with Gasteiger partial charge in [-0.3, -0.25) is 10.1 Å². The van der Waals surface area contributed by atoms with E-state index in [2.05, 4.69) is 12.2 Å². The number of hydrogen-bond donors (Lipinski definition) is 1. The Morgan fingerprint density at radius 1 is 0.900 bits per heavy atom. The van der Waals surface area contributed by atoms with Crippen LogP contribution < -0.4 is 5.32 Å². The first kappa shape index (κ1) is 19.4. The highest BCUT2D eigenvalue weighted by atomic mass is 16.6. The van der Waals surface area contributed by atoms with Crippen LogP contribution in [0.3, 0.4) is 0 Å². The fraction of sp³-hybridized carbons (Fsp3) is 0.941. The summed E-state index contributed by atoms with van der Waals surface area (Å²) >= 11 is 0. The smallest absolute Gasteiger partial charge is 0.304 e. The van der Waals surface area contributed by atoms with Crippen LogP contribution in [0.2, 0.25) is 0 Å². The van der Waals surface area contributed by atoms with Gasteiger partial charge >= 0.3 is 5.97 Å². The summed E-state index contributed by atoms with van der Waals surface area (Å²) in [5.41, 5.74) is 0. The molecule has 0 saturated carbocycles. The highest BCUT2D eigenvalue weighted by molar-refractivity contribution is 5.66. The summed E-state index contributed by atoms with van der Waals surface area (Å²) in [5.74, 6) is -0.201. The third-order valence-corrected chi connectivity index (χ3v) is 3.58. The molecule has 1 atom stereocenters. The van der Waals surface area contributed by atoms with Gasteiger partial charge in [-0.05, 0) is 19.4 Å². The molecule has 0 aromatic rings. The molecule has 0 aromatic carbocycles. The third-order valence-electron chi connectivity index (χ3n) is 3.58. The van der Waals surface area contributed by atoms with Crippen LogP contribution in [-0.2, 0) is 9.53 Å². The number of carbonyl (C=O) groups excluding carboxylic acids is 1. The highest BCUT2D eigenvalue weighted by Crippen LogP contribution is 2.10. The largest absolute Gasteiger partial charge is 0.447 e. The zero-order valence-electron chi connectivity index (χ0n) is 13.9. The zero-order chi connectivity index (χ0) is 15.1. The quantitative estimate of drug-likeness (QED) is 0.283. The van der Waals surface area contributed by atoms with Gasteiger partial charge in [0.25, 0.3) is 0 Å². The SMILES string of the molecule is CCCCCCCCCCCCNC(CC)OC(C)=O. The molecule has 20 heavy (non-hydrogen) atoms. The van der Waals surface area contributed by atoms with E-state index < -0.39 is 0 Å². The first-order chi connectivity index (χ1) is 9.70. The molecule has 0 spiro atoms. The van der Waals surface area contributed by atoms with E-state index in [1.807, 2.05) is 6.92 Å². The van der Waals surface area contributed by atoms with Crippen molar-refractivity contribution < 1.29 is 9.53 Å². The normalized spacial score (nSPS) is 12.3. The summed E-state index contributed by atoms with van der Waals surface area (Å²) in [5, 5.41) is 3.28. The van der Waals surface area contributed by atoms with Crippen molar-refractivity contribution in [2.45, 2.75) is 97.6 Å². The summed E-state index contributed by atoms with van der Waals surface area (Å²) in [6.45, 7) is 6.70. The molecule has 1 N–H and O–H groups in total. The first-order valence-corrected chi connectivity index (χ1v) is 8.61. The Morgan fingerprint density at radius 3 is 1.85 bits per heavy atom. The van der Waals surface area contributed by atoms with Crippen molar-refractivity contribution in [3.63, 3.8) is 0 Å². The second kappa shape index (κ2) is 14.8. The fourth-order valence-electron chi connectivity index (χ4n) is 2.35. The Kier molecular flexibility index (Phi) is 14.4. The Balaban J connectivity index is 3.21. The molecule has 0 aliphatic carbocycles. The monoisotopic (exact) mass is 285 g/mol. The van der Waals surface area contributed by atoms with Gasteiger partial charge in [0, 0.05) is 6.92 Å². The minimum Gasteiger partial charge on any atom is -0.447 e. The highest BCUT2D eigenvalue weighted by Gasteiger charge is 2.07. The van der Waals surface area contributed by atoms with Crippen molar-refractivity contribution >= 4 is 5.97 Å². The summed E-state index contributed by atoms with van der Waals surface area (Å²) < 4.78 is 5.14. The van der Waals surface area contributed by atoms with E-state index in [0.29, 0.717) is 0 Å². The lowest BCUT2D eigenvalue weighted by atomic mass is 10.1. The fourth-order valence-corrected chi connectivity index (χ4v) is 2.35. The molecule has 0 amide bonds. The van der Waals surface area contributed by atoms with Crippen LogP contribution in [0.25, 0.3) is 0 Å². The minimum absolute atomic E-state index is 0.105. The molecule has 0 aliphatic rings. The van der Waals surface area contributed by atoms with Crippen LogP contribution in [0, 0.1) is 0 Å². The Hall–Kier alpha value is -0.570. The maximum Gasteiger partial charge on any atom is 0.304 e. The van der Waals surface area contributed by atoms with Gasteiger partial charge in [0.2, 0.25) is 0 Å². The molecule has 120 valence electrons. The molecule has 0 rings (SSSR count). The topological polar surface area (TPSA) is 38.3 Å². The standard InChI is InChI=1S/C17H35NO2/c1-4-6-7-8-9-10-11-12-13-14-15-18-17(5-2)20-16(3)19/h17-18H,4-15H2,1-3H3. The second-order valence-corrected chi connectivity index (χ2v) is 5.64. The predicted octanol–water partition coefficient (Wildman–Crippen LogP) is 4.80. The Labute approximate surface area is 125 Å². The molecule has 0 fully saturated rings. The zero-order valence-corrected chi connectivity index (χ0v) is 13.9. The summed E-state index contributed by atoms with van der Waals surface area (Å²) in [6.07, 6.45) is 14.2. The van der Waals surface area contributed by atoms with Gasteiger partial charge in [-0.25, -0.2) is 0 Å². The molecule has 0 aliphatic heterocycles. The molecule has 3 nitrogen and oxygen atoms in total. The van der Waals surface area contributed by atoms with Crippen molar-refractivity contribution in [2.24, 2.45) is 0 Å². The van der Waals surface area contributed by atoms with E-state index in [-0.39, 0.29) is 12.2 Å². The van der Waals surface area contributed by atoms with Gasteiger partial charge in [0.05, 0.1) is 0 Å². The van der Waals surface area contributed by atoms with Crippen LogP contribution >= 0.6 is 0 Å². The van der Waals surface area contributed by atoms with Gasteiger partial charge in [-0.1, -0.05) is 71.6 Å². The predicted molar refractivity (Wildman–Crippen MR) is 85.7 cm³/mol. The lowest BCUT2D eigenvalue weighted by molar-refractivity contribution is -0.148. The van der Waals surface area contributed by atoms with Gasteiger partial charge in [-0.15, -0.1) is 0 Å². The van der Waals surface area contributed by atoms with E-state index in [4.69, 9.17) is 4.74 Å². The molecule has 3 heteroatoms. The molecule has 0 radical (unpaired) electrons. The lowest BCUT2D eigenvalue weighted by Crippen LogP contribution is -2.33. The number of hydrogen-bond acceptors (Lipinski definition) is 3. The average Bonchev–Trinajstić information content (AvgIpc) is 2.43. The van der Waals surface area contributed by atoms with E-state index in [0.717, 1.165) is 13.0 Å². The number of carbonyl (C=O) groups is 1. The van der Waals surface area contributed by atoms with E-state index in [1.165, 1.54) is 71.1 Å². The lowest BCUT2D eigenvalue weighted by Gasteiger charge is -2.16. The summed E-state index contributed by atoms with van der Waals surface area (Å²) in [7, 11) is 0. The first-order valence-electron chi connectivity index (χ1n) is 8.61. The van der Waals surface area contributed by atoms with Gasteiger partial charge < -0.3 is 4.74 Å². The van der Waals surface area contributed by atoms with Crippen molar-refractivity contribution in [1.82, 2.24) is 5.32 Å². The number of unbranched alkanes of at least 4 members (excludes halogenated alkanes) is 9. The van der Waals surface area contributed by atoms with E-state index >= 15 is 0 Å². The number of esters is 1. The second-order valence-electron chi connectivity index (χ2n) is 5.64. The molecule has 0 bridgehead atoms. The van der Waals surface area contributed by atoms with Gasteiger partial charge in [0.15, 0.2) is 6.23 Å². The molecular formula is C17H35NO2. The Morgan fingerprint density at radius 2 is 1.40 bits per heavy atom. The minimum atomic E-state index is -0.201. The van der Waals surface area contributed by atoms with Crippen molar-refractivity contribution in [3.05, 3.63) is 0 Å². The molecular weight excluding hydrogens is 250 g/mol. The molecule has 0 saturated heterocycles. The molecule has 0 heterocycles. The number of nitrogens with one attached hydrogen (secondary N) is 1. The molecule has 1 unspecified atom stereocenters. The van der Waals surface area contributed by atoms with Crippen molar-refractivity contribution in [3.8, 4) is 0 Å². The third kappa shape index (κ3) is 13.9.